The molecule has 4 rings (SSSR count). The highest BCUT2D eigenvalue weighted by atomic mass is 16.6. The SMILES string of the molecule is COc1ccc(-c2ccc(C[C@@H](C#N)NC(=O)[C@@H]3CN(C(=O)OC(C)(C)C)CCCO3)cc2)cc1-n1cnnc1. The van der Waals surface area contributed by atoms with E-state index in [0.717, 1.165) is 22.4 Å². The van der Waals surface area contributed by atoms with Crippen LogP contribution in [-0.4, -0.2) is 76.2 Å². The van der Waals surface area contributed by atoms with Crippen LogP contribution in [0.2, 0.25) is 0 Å². The summed E-state index contributed by atoms with van der Waals surface area (Å²) in [4.78, 5) is 27.0. The van der Waals surface area contributed by atoms with Gasteiger partial charge in [-0.1, -0.05) is 30.3 Å². The first-order chi connectivity index (χ1) is 19.2. The predicted molar refractivity (Wildman–Crippen MR) is 147 cm³/mol. The van der Waals surface area contributed by atoms with Crippen molar-refractivity contribution in [3.63, 3.8) is 0 Å². The van der Waals surface area contributed by atoms with Gasteiger partial charge < -0.3 is 24.4 Å². The Morgan fingerprint density at radius 1 is 1.15 bits per heavy atom. The number of nitrogens with one attached hydrogen (secondary N) is 1. The quantitative estimate of drug-likeness (QED) is 0.476. The molecule has 11 heteroatoms. The van der Waals surface area contributed by atoms with E-state index < -0.39 is 29.7 Å². The number of nitrogens with zero attached hydrogens (tertiary/aromatic N) is 5. The molecule has 3 aromatic rings. The van der Waals surface area contributed by atoms with Gasteiger partial charge in [-0.25, -0.2) is 4.79 Å². The summed E-state index contributed by atoms with van der Waals surface area (Å²) < 4.78 is 18.4. The number of aromatic nitrogens is 3. The van der Waals surface area contributed by atoms with Gasteiger partial charge in [0.1, 0.15) is 30.0 Å². The van der Waals surface area contributed by atoms with Crippen molar-refractivity contribution in [3.05, 3.63) is 60.7 Å². The van der Waals surface area contributed by atoms with Gasteiger partial charge in [-0.3, -0.25) is 9.36 Å². The Morgan fingerprint density at radius 3 is 2.50 bits per heavy atom. The summed E-state index contributed by atoms with van der Waals surface area (Å²) in [5.41, 5.74) is 3.01. The molecule has 0 bridgehead atoms. The number of rotatable bonds is 7. The average Bonchev–Trinajstić information content (AvgIpc) is 3.35. The molecule has 2 atom stereocenters. The molecule has 1 fully saturated rings. The van der Waals surface area contributed by atoms with Crippen molar-refractivity contribution in [3.8, 4) is 28.6 Å². The van der Waals surface area contributed by atoms with Crippen molar-refractivity contribution in [2.75, 3.05) is 26.8 Å². The normalized spacial score (nSPS) is 16.4. The van der Waals surface area contributed by atoms with E-state index in [1.54, 1.807) is 45.1 Å². The molecule has 1 aliphatic heterocycles. The van der Waals surface area contributed by atoms with E-state index in [0.29, 0.717) is 31.7 Å². The Hall–Kier alpha value is -4.43. The topological polar surface area (TPSA) is 132 Å². The fraction of sp³-hybridized carbons (Fsp3) is 0.414. The highest BCUT2D eigenvalue weighted by Gasteiger charge is 2.31. The van der Waals surface area contributed by atoms with Crippen LogP contribution in [0, 0.1) is 11.3 Å². The minimum atomic E-state index is -0.886. The van der Waals surface area contributed by atoms with Crippen molar-refractivity contribution >= 4 is 12.0 Å². The van der Waals surface area contributed by atoms with Gasteiger partial charge in [-0.15, -0.1) is 10.2 Å². The highest BCUT2D eigenvalue weighted by molar-refractivity contribution is 5.82. The monoisotopic (exact) mass is 546 g/mol. The molecule has 0 aliphatic carbocycles. The van der Waals surface area contributed by atoms with Crippen LogP contribution in [0.25, 0.3) is 16.8 Å². The number of carbonyl (C=O) groups excluding carboxylic acids is 2. The molecule has 0 radical (unpaired) electrons. The summed E-state index contributed by atoms with van der Waals surface area (Å²) in [6.07, 6.45) is 2.75. The lowest BCUT2D eigenvalue weighted by Gasteiger charge is -2.27. The number of hydrogen-bond donors (Lipinski definition) is 1. The fourth-order valence-corrected chi connectivity index (χ4v) is 4.34. The van der Waals surface area contributed by atoms with E-state index in [2.05, 4.69) is 21.6 Å². The summed E-state index contributed by atoms with van der Waals surface area (Å²) in [5.74, 6) is 0.262. The first-order valence-corrected chi connectivity index (χ1v) is 13.1. The molecular weight excluding hydrogens is 512 g/mol. The lowest BCUT2D eigenvalue weighted by Crippen LogP contribution is -2.48. The van der Waals surface area contributed by atoms with Gasteiger partial charge in [0.05, 0.1) is 25.4 Å². The van der Waals surface area contributed by atoms with Crippen LogP contribution in [0.15, 0.2) is 55.1 Å². The van der Waals surface area contributed by atoms with Crippen molar-refractivity contribution in [2.24, 2.45) is 0 Å². The Kier molecular flexibility index (Phi) is 9.01. The maximum absolute atomic E-state index is 13.0. The maximum Gasteiger partial charge on any atom is 0.410 e. The van der Waals surface area contributed by atoms with Gasteiger partial charge in [0, 0.05) is 19.6 Å². The van der Waals surface area contributed by atoms with E-state index in [1.165, 1.54) is 4.90 Å². The minimum Gasteiger partial charge on any atom is -0.495 e. The Balaban J connectivity index is 1.40. The Morgan fingerprint density at radius 2 is 1.85 bits per heavy atom. The summed E-state index contributed by atoms with van der Waals surface area (Å²) in [6, 6.07) is 15.0. The largest absolute Gasteiger partial charge is 0.495 e. The van der Waals surface area contributed by atoms with Crippen LogP contribution in [0.1, 0.15) is 32.8 Å². The molecule has 1 N–H and O–H groups in total. The zero-order valence-electron chi connectivity index (χ0n) is 23.2. The molecule has 1 aromatic heterocycles. The van der Waals surface area contributed by atoms with Crippen LogP contribution in [0.5, 0.6) is 5.75 Å². The van der Waals surface area contributed by atoms with Crippen LogP contribution >= 0.6 is 0 Å². The van der Waals surface area contributed by atoms with Gasteiger partial charge in [0.25, 0.3) is 5.91 Å². The number of carbonyl (C=O) groups is 2. The fourth-order valence-electron chi connectivity index (χ4n) is 4.34. The molecular formula is C29H34N6O5. The second kappa shape index (κ2) is 12.6. The van der Waals surface area contributed by atoms with E-state index >= 15 is 0 Å². The van der Waals surface area contributed by atoms with Gasteiger partial charge in [-0.05, 0) is 56.0 Å². The average molecular weight is 547 g/mol. The van der Waals surface area contributed by atoms with E-state index in [9.17, 15) is 14.9 Å². The number of amides is 2. The van der Waals surface area contributed by atoms with Crippen molar-refractivity contribution in [2.45, 2.75) is 51.4 Å². The van der Waals surface area contributed by atoms with Gasteiger partial charge >= 0.3 is 6.09 Å². The predicted octanol–water partition coefficient (Wildman–Crippen LogP) is 3.52. The molecule has 0 saturated carbocycles. The van der Waals surface area contributed by atoms with Gasteiger partial charge in [-0.2, -0.15) is 5.26 Å². The van der Waals surface area contributed by atoms with Crippen LogP contribution < -0.4 is 10.1 Å². The highest BCUT2D eigenvalue weighted by Crippen LogP contribution is 2.29. The lowest BCUT2D eigenvalue weighted by atomic mass is 10.00. The Labute approximate surface area is 233 Å². The number of nitriles is 1. The van der Waals surface area contributed by atoms with Crippen LogP contribution in [0.4, 0.5) is 4.79 Å². The summed E-state index contributed by atoms with van der Waals surface area (Å²) in [5, 5.41) is 20.3. The van der Waals surface area contributed by atoms with Crippen molar-refractivity contribution in [1.29, 1.82) is 5.26 Å². The van der Waals surface area contributed by atoms with E-state index in [1.807, 2.05) is 42.5 Å². The third-order valence-corrected chi connectivity index (χ3v) is 6.30. The molecule has 2 aromatic carbocycles. The van der Waals surface area contributed by atoms with Gasteiger partial charge in [0.15, 0.2) is 6.10 Å². The smallest absolute Gasteiger partial charge is 0.410 e. The van der Waals surface area contributed by atoms with E-state index in [-0.39, 0.29) is 6.54 Å². The second-order valence-corrected chi connectivity index (χ2v) is 10.5. The molecule has 1 saturated heterocycles. The van der Waals surface area contributed by atoms with E-state index in [4.69, 9.17) is 14.2 Å². The minimum absolute atomic E-state index is 0.0621. The third-order valence-electron chi connectivity index (χ3n) is 6.30. The molecule has 2 amide bonds. The molecule has 210 valence electrons. The molecule has 0 spiro atoms. The standard InChI is InChI=1S/C29H34N6O5/c1-29(2,3)40-28(37)34-12-5-13-39-26(17-34)27(36)33-23(16-30)14-20-6-8-21(9-7-20)22-10-11-25(38-4)24(15-22)35-18-31-32-19-35/h6-11,15,18-19,23,26H,5,12-14,17H2,1-4H3,(H,33,36)/t23-,26-/m0/s1. The number of benzene rings is 2. The second-order valence-electron chi connectivity index (χ2n) is 10.5. The summed E-state index contributed by atoms with van der Waals surface area (Å²) in [6.45, 7) is 6.21. The zero-order chi connectivity index (χ0) is 28.7. The van der Waals surface area contributed by atoms with Gasteiger partial charge in [0.2, 0.25) is 0 Å². The molecule has 1 aliphatic rings. The first kappa shape index (κ1) is 28.6. The van der Waals surface area contributed by atoms with Crippen molar-refractivity contribution < 1.29 is 23.8 Å². The lowest BCUT2D eigenvalue weighted by molar-refractivity contribution is -0.133. The number of ether oxygens (including phenoxy) is 3. The third kappa shape index (κ3) is 7.36. The van der Waals surface area contributed by atoms with Crippen LogP contribution in [-0.2, 0) is 20.7 Å². The molecule has 0 unspecified atom stereocenters. The van der Waals surface area contributed by atoms with Crippen molar-refractivity contribution in [1.82, 2.24) is 25.0 Å². The summed E-state index contributed by atoms with van der Waals surface area (Å²) in [7, 11) is 1.61. The number of hydrogen-bond acceptors (Lipinski definition) is 8. The molecule has 40 heavy (non-hydrogen) atoms. The molecule has 11 nitrogen and oxygen atoms in total. The molecule has 2 heterocycles. The summed E-state index contributed by atoms with van der Waals surface area (Å²) >= 11 is 0. The van der Waals surface area contributed by atoms with Crippen LogP contribution in [0.3, 0.4) is 0 Å². The zero-order valence-corrected chi connectivity index (χ0v) is 23.2. The first-order valence-electron chi connectivity index (χ1n) is 13.1. The Bertz CT molecular complexity index is 1340. The number of methoxy groups -OCH3 is 1. The maximum atomic E-state index is 13.0.